The van der Waals surface area contributed by atoms with Gasteiger partial charge in [0.1, 0.15) is 5.75 Å². The highest BCUT2D eigenvalue weighted by molar-refractivity contribution is 6.29. The second-order valence-electron chi connectivity index (χ2n) is 3.97. The topological polar surface area (TPSA) is 34.1 Å². The molecule has 1 aliphatic rings. The predicted octanol–water partition coefficient (Wildman–Crippen LogP) is 2.67. The molecule has 0 amide bonds. The van der Waals surface area contributed by atoms with E-state index in [4.69, 9.17) is 16.3 Å². The lowest BCUT2D eigenvalue weighted by Gasteiger charge is -2.22. The number of halogens is 3. The maximum atomic E-state index is 13.1. The zero-order chi connectivity index (χ0) is 11.4. The van der Waals surface area contributed by atoms with Crippen LogP contribution >= 0.6 is 24.0 Å². The molecule has 2 heterocycles. The average Bonchev–Trinajstić information content (AvgIpc) is 2.32. The van der Waals surface area contributed by atoms with Crippen LogP contribution in [0.25, 0.3) is 0 Å². The first-order valence-corrected chi connectivity index (χ1v) is 5.78. The number of rotatable bonds is 3. The fraction of sp³-hybridized carbons (Fsp3) is 0.545. The lowest BCUT2D eigenvalue weighted by molar-refractivity contribution is 0.217. The third-order valence-electron chi connectivity index (χ3n) is 2.66. The third kappa shape index (κ3) is 4.30. The zero-order valence-corrected chi connectivity index (χ0v) is 10.9. The summed E-state index contributed by atoms with van der Waals surface area (Å²) in [4.78, 5) is 3.69. The minimum Gasteiger partial charge on any atom is -0.492 e. The highest BCUT2D eigenvalue weighted by Gasteiger charge is 2.13. The molecular formula is C11H15Cl2FN2O. The van der Waals surface area contributed by atoms with E-state index in [2.05, 4.69) is 10.3 Å². The molecule has 2 rings (SSSR count). The number of hydrogen-bond acceptors (Lipinski definition) is 3. The molecule has 0 aromatic carbocycles. The standard InChI is InChI=1S/C11H14ClFN2O.ClH/c12-11-10(13)4-9(6-15-11)16-7-8-2-1-3-14-5-8;/h4,6,8,14H,1-3,5,7H2;1H/t8-;/m0./s1. The van der Waals surface area contributed by atoms with Gasteiger partial charge in [0.25, 0.3) is 0 Å². The molecule has 1 aliphatic heterocycles. The number of nitrogens with zero attached hydrogens (tertiary/aromatic N) is 1. The molecule has 96 valence electrons. The van der Waals surface area contributed by atoms with Gasteiger partial charge >= 0.3 is 0 Å². The van der Waals surface area contributed by atoms with Gasteiger partial charge in [0.2, 0.25) is 0 Å². The summed E-state index contributed by atoms with van der Waals surface area (Å²) in [5, 5.41) is 3.18. The van der Waals surface area contributed by atoms with Crippen molar-refractivity contribution >= 4 is 24.0 Å². The van der Waals surface area contributed by atoms with E-state index in [9.17, 15) is 4.39 Å². The number of aromatic nitrogens is 1. The Hall–Kier alpha value is -0.580. The Balaban J connectivity index is 0.00000144. The summed E-state index contributed by atoms with van der Waals surface area (Å²) in [6, 6.07) is 1.27. The fourth-order valence-electron chi connectivity index (χ4n) is 1.76. The fourth-order valence-corrected chi connectivity index (χ4v) is 1.87. The van der Waals surface area contributed by atoms with Gasteiger partial charge in [0.05, 0.1) is 12.8 Å². The van der Waals surface area contributed by atoms with Crippen LogP contribution in [0.15, 0.2) is 12.3 Å². The first kappa shape index (κ1) is 14.5. The molecule has 3 nitrogen and oxygen atoms in total. The highest BCUT2D eigenvalue weighted by Crippen LogP contribution is 2.19. The summed E-state index contributed by atoms with van der Waals surface area (Å²) in [7, 11) is 0. The average molecular weight is 281 g/mol. The van der Waals surface area contributed by atoms with Gasteiger partial charge in [-0.05, 0) is 19.4 Å². The van der Waals surface area contributed by atoms with Crippen LogP contribution in [0.1, 0.15) is 12.8 Å². The van der Waals surface area contributed by atoms with E-state index in [1.54, 1.807) is 0 Å². The molecule has 1 aromatic rings. The Labute approximate surface area is 111 Å². The molecule has 0 unspecified atom stereocenters. The van der Waals surface area contributed by atoms with E-state index in [1.165, 1.54) is 18.7 Å². The number of nitrogens with one attached hydrogen (secondary N) is 1. The zero-order valence-electron chi connectivity index (χ0n) is 9.29. The van der Waals surface area contributed by atoms with E-state index in [1.807, 2.05) is 0 Å². The van der Waals surface area contributed by atoms with Gasteiger partial charge in [-0.2, -0.15) is 0 Å². The molecule has 1 N–H and O–H groups in total. The summed E-state index contributed by atoms with van der Waals surface area (Å²) >= 11 is 5.48. The van der Waals surface area contributed by atoms with Crippen molar-refractivity contribution in [2.75, 3.05) is 19.7 Å². The van der Waals surface area contributed by atoms with Crippen LogP contribution in [0.2, 0.25) is 5.15 Å². The van der Waals surface area contributed by atoms with Crippen molar-refractivity contribution in [3.63, 3.8) is 0 Å². The van der Waals surface area contributed by atoms with E-state index in [0.29, 0.717) is 18.3 Å². The Morgan fingerprint density at radius 1 is 1.59 bits per heavy atom. The first-order valence-electron chi connectivity index (χ1n) is 5.40. The second-order valence-corrected chi connectivity index (χ2v) is 4.33. The number of piperidine rings is 1. The lowest BCUT2D eigenvalue weighted by Crippen LogP contribution is -2.33. The van der Waals surface area contributed by atoms with Crippen molar-refractivity contribution in [2.45, 2.75) is 12.8 Å². The quantitative estimate of drug-likeness (QED) is 0.865. The molecule has 6 heteroatoms. The van der Waals surface area contributed by atoms with Crippen LogP contribution in [0.4, 0.5) is 4.39 Å². The summed E-state index contributed by atoms with van der Waals surface area (Å²) in [5.41, 5.74) is 0. The van der Waals surface area contributed by atoms with Crippen LogP contribution in [0, 0.1) is 11.7 Å². The first-order chi connectivity index (χ1) is 7.75. The highest BCUT2D eigenvalue weighted by atomic mass is 35.5. The Kier molecular flexibility index (Phi) is 5.95. The molecule has 0 spiro atoms. The maximum Gasteiger partial charge on any atom is 0.164 e. The van der Waals surface area contributed by atoms with Gasteiger partial charge < -0.3 is 10.1 Å². The summed E-state index contributed by atoms with van der Waals surface area (Å²) in [6.45, 7) is 2.63. The van der Waals surface area contributed by atoms with Crippen LogP contribution in [-0.4, -0.2) is 24.7 Å². The van der Waals surface area contributed by atoms with Crippen molar-refractivity contribution in [3.05, 3.63) is 23.2 Å². The minimum absolute atomic E-state index is 0. The second kappa shape index (κ2) is 6.99. The van der Waals surface area contributed by atoms with Gasteiger partial charge in [0, 0.05) is 18.5 Å². The lowest BCUT2D eigenvalue weighted by atomic mass is 10.0. The van der Waals surface area contributed by atoms with E-state index in [0.717, 1.165) is 19.5 Å². The van der Waals surface area contributed by atoms with E-state index in [-0.39, 0.29) is 17.6 Å². The molecule has 1 aromatic heterocycles. The monoisotopic (exact) mass is 280 g/mol. The Morgan fingerprint density at radius 2 is 2.41 bits per heavy atom. The molecular weight excluding hydrogens is 266 g/mol. The molecule has 0 bridgehead atoms. The summed E-state index contributed by atoms with van der Waals surface area (Å²) < 4.78 is 18.5. The van der Waals surface area contributed by atoms with Crippen LogP contribution in [-0.2, 0) is 0 Å². The van der Waals surface area contributed by atoms with E-state index >= 15 is 0 Å². The van der Waals surface area contributed by atoms with Gasteiger partial charge in [-0.1, -0.05) is 11.6 Å². The third-order valence-corrected chi connectivity index (χ3v) is 2.93. The van der Waals surface area contributed by atoms with Crippen molar-refractivity contribution < 1.29 is 9.13 Å². The SMILES string of the molecule is Cl.Fc1cc(OC[C@H]2CCCNC2)cnc1Cl. The number of hydrogen-bond donors (Lipinski definition) is 1. The molecule has 0 radical (unpaired) electrons. The van der Waals surface area contributed by atoms with Crippen LogP contribution < -0.4 is 10.1 Å². The molecule has 1 fully saturated rings. The molecule has 1 atom stereocenters. The smallest absolute Gasteiger partial charge is 0.164 e. The maximum absolute atomic E-state index is 13.1. The Bertz CT molecular complexity index is 359. The number of pyridine rings is 1. The van der Waals surface area contributed by atoms with Crippen molar-refractivity contribution in [1.82, 2.24) is 10.3 Å². The van der Waals surface area contributed by atoms with Gasteiger partial charge in [0.15, 0.2) is 11.0 Å². The molecule has 0 saturated carbocycles. The van der Waals surface area contributed by atoms with Gasteiger partial charge in [-0.3, -0.25) is 0 Å². The van der Waals surface area contributed by atoms with Gasteiger partial charge in [-0.25, -0.2) is 9.37 Å². The van der Waals surface area contributed by atoms with Crippen molar-refractivity contribution in [2.24, 2.45) is 5.92 Å². The summed E-state index contributed by atoms with van der Waals surface area (Å²) in [5.74, 6) is 0.390. The van der Waals surface area contributed by atoms with Crippen molar-refractivity contribution in [3.8, 4) is 5.75 Å². The van der Waals surface area contributed by atoms with Crippen LogP contribution in [0.3, 0.4) is 0 Å². The molecule has 1 saturated heterocycles. The molecule has 0 aliphatic carbocycles. The van der Waals surface area contributed by atoms with Crippen molar-refractivity contribution in [1.29, 1.82) is 0 Å². The van der Waals surface area contributed by atoms with Crippen LogP contribution in [0.5, 0.6) is 5.75 Å². The molecule has 17 heavy (non-hydrogen) atoms. The number of ether oxygens (including phenoxy) is 1. The predicted molar refractivity (Wildman–Crippen MR) is 67.5 cm³/mol. The van der Waals surface area contributed by atoms with Gasteiger partial charge in [-0.15, -0.1) is 12.4 Å². The van der Waals surface area contributed by atoms with E-state index < -0.39 is 5.82 Å². The Morgan fingerprint density at radius 3 is 3.06 bits per heavy atom. The normalized spacial score (nSPS) is 19.5. The minimum atomic E-state index is -0.541. The summed E-state index contributed by atoms with van der Waals surface area (Å²) in [6.07, 6.45) is 3.76. The largest absolute Gasteiger partial charge is 0.492 e.